The van der Waals surface area contributed by atoms with Crippen molar-refractivity contribution in [1.82, 2.24) is 14.1 Å². The highest BCUT2D eigenvalue weighted by atomic mass is 32.2. The zero-order valence-corrected chi connectivity index (χ0v) is 22.9. The second-order valence-electron chi connectivity index (χ2n) is 9.79. The van der Waals surface area contributed by atoms with Gasteiger partial charge in [-0.15, -0.1) is 0 Å². The first-order valence-corrected chi connectivity index (χ1v) is 14.4. The standard InChI is InChI=1S/C28H35N3O6S/c1-4-37-22-13-11-20(12-14-22)25-24(27(33)28(34)31(25)18-17-29(2)3)26(32)21-9-8-10-23(19-21)38(35,36)30-15-6-5-7-16-30/h8-14,19,25,32H,4-7,15-18H2,1-3H3/t25-/m1/s1. The molecule has 0 saturated carbocycles. The molecule has 0 aromatic heterocycles. The van der Waals surface area contributed by atoms with Crippen LogP contribution in [0.25, 0.3) is 5.76 Å². The van der Waals surface area contributed by atoms with E-state index in [0.717, 1.165) is 19.3 Å². The van der Waals surface area contributed by atoms with E-state index in [2.05, 4.69) is 0 Å². The maximum absolute atomic E-state index is 13.3. The number of aliphatic hydroxyl groups is 1. The van der Waals surface area contributed by atoms with Crippen LogP contribution in [0.5, 0.6) is 5.75 Å². The molecule has 4 rings (SSSR count). The Labute approximate surface area is 224 Å². The molecule has 38 heavy (non-hydrogen) atoms. The Balaban J connectivity index is 1.78. The van der Waals surface area contributed by atoms with Crippen molar-refractivity contribution in [3.63, 3.8) is 0 Å². The van der Waals surface area contributed by atoms with Crippen molar-refractivity contribution < 1.29 is 27.9 Å². The minimum atomic E-state index is -3.75. The molecule has 0 aliphatic carbocycles. The second-order valence-corrected chi connectivity index (χ2v) is 11.7. The van der Waals surface area contributed by atoms with Crippen LogP contribution < -0.4 is 4.74 Å². The van der Waals surface area contributed by atoms with Crippen molar-refractivity contribution in [2.24, 2.45) is 0 Å². The van der Waals surface area contributed by atoms with Gasteiger partial charge in [-0.3, -0.25) is 9.59 Å². The molecule has 0 radical (unpaired) electrons. The van der Waals surface area contributed by atoms with Crippen molar-refractivity contribution >= 4 is 27.5 Å². The third kappa shape index (κ3) is 5.62. The zero-order valence-electron chi connectivity index (χ0n) is 22.1. The van der Waals surface area contributed by atoms with E-state index in [1.807, 2.05) is 25.9 Å². The highest BCUT2D eigenvalue weighted by Crippen LogP contribution is 2.40. The third-order valence-electron chi connectivity index (χ3n) is 6.90. The second kappa shape index (κ2) is 11.7. The number of likely N-dealkylation sites (tertiary alicyclic amines) is 1. The topological polar surface area (TPSA) is 107 Å². The fourth-order valence-electron chi connectivity index (χ4n) is 4.89. The third-order valence-corrected chi connectivity index (χ3v) is 8.79. The number of likely N-dealkylation sites (N-methyl/N-ethyl adjacent to an activating group) is 1. The monoisotopic (exact) mass is 541 g/mol. The number of carbonyl (C=O) groups excluding carboxylic acids is 2. The Morgan fingerprint density at radius 1 is 1.05 bits per heavy atom. The van der Waals surface area contributed by atoms with E-state index < -0.39 is 33.5 Å². The summed E-state index contributed by atoms with van der Waals surface area (Å²) < 4.78 is 33.5. The van der Waals surface area contributed by atoms with Gasteiger partial charge < -0.3 is 19.6 Å². The van der Waals surface area contributed by atoms with E-state index in [4.69, 9.17) is 4.74 Å². The summed E-state index contributed by atoms with van der Waals surface area (Å²) >= 11 is 0. The lowest BCUT2D eigenvalue weighted by Crippen LogP contribution is -2.35. The number of ketones is 1. The van der Waals surface area contributed by atoms with Crippen LogP contribution in [0, 0.1) is 0 Å². The van der Waals surface area contributed by atoms with Crippen molar-refractivity contribution in [3.8, 4) is 5.75 Å². The molecule has 1 atom stereocenters. The van der Waals surface area contributed by atoms with E-state index in [9.17, 15) is 23.1 Å². The number of Topliss-reactive ketones (excluding diaryl/α,β-unsaturated/α-hetero) is 1. The van der Waals surface area contributed by atoms with Gasteiger partial charge >= 0.3 is 0 Å². The van der Waals surface area contributed by atoms with Crippen molar-refractivity contribution in [2.75, 3.05) is 46.9 Å². The Morgan fingerprint density at radius 3 is 2.37 bits per heavy atom. The molecule has 9 nitrogen and oxygen atoms in total. The van der Waals surface area contributed by atoms with Gasteiger partial charge in [0, 0.05) is 31.7 Å². The van der Waals surface area contributed by atoms with Gasteiger partial charge in [0.15, 0.2) is 0 Å². The van der Waals surface area contributed by atoms with Gasteiger partial charge in [-0.05, 0) is 63.7 Å². The van der Waals surface area contributed by atoms with Gasteiger partial charge in [-0.2, -0.15) is 4.31 Å². The van der Waals surface area contributed by atoms with E-state index >= 15 is 0 Å². The molecule has 0 bridgehead atoms. The van der Waals surface area contributed by atoms with Crippen LogP contribution in [-0.4, -0.2) is 86.2 Å². The molecule has 2 aliphatic heterocycles. The number of hydrogen-bond donors (Lipinski definition) is 1. The lowest BCUT2D eigenvalue weighted by Gasteiger charge is -2.27. The average Bonchev–Trinajstić information content (AvgIpc) is 3.17. The molecule has 0 unspecified atom stereocenters. The molecule has 2 saturated heterocycles. The summed E-state index contributed by atoms with van der Waals surface area (Å²) in [6.07, 6.45) is 2.60. The maximum Gasteiger partial charge on any atom is 0.295 e. The number of piperidine rings is 1. The summed E-state index contributed by atoms with van der Waals surface area (Å²) in [6, 6.07) is 12.2. The molecular weight excluding hydrogens is 506 g/mol. The molecule has 2 heterocycles. The fraction of sp³-hybridized carbons (Fsp3) is 0.429. The Hall–Kier alpha value is -3.21. The summed E-state index contributed by atoms with van der Waals surface area (Å²) in [5.41, 5.74) is 0.750. The smallest absolute Gasteiger partial charge is 0.295 e. The Morgan fingerprint density at radius 2 is 1.74 bits per heavy atom. The first-order chi connectivity index (χ1) is 18.1. The van der Waals surface area contributed by atoms with Crippen LogP contribution in [-0.2, 0) is 19.6 Å². The van der Waals surface area contributed by atoms with Gasteiger partial charge in [0.1, 0.15) is 11.5 Å². The van der Waals surface area contributed by atoms with E-state index in [1.165, 1.54) is 21.3 Å². The minimum absolute atomic E-state index is 0.0444. The summed E-state index contributed by atoms with van der Waals surface area (Å²) in [6.45, 7) is 4.07. The number of hydrogen-bond acceptors (Lipinski definition) is 7. The number of sulfonamides is 1. The maximum atomic E-state index is 13.3. The molecule has 204 valence electrons. The molecular formula is C28H35N3O6S. The van der Waals surface area contributed by atoms with Gasteiger partial charge in [0.05, 0.1) is 23.1 Å². The van der Waals surface area contributed by atoms with Crippen LogP contribution >= 0.6 is 0 Å². The molecule has 2 aromatic rings. The predicted octanol–water partition coefficient (Wildman–Crippen LogP) is 3.24. The molecule has 2 aliphatic rings. The molecule has 1 amide bonds. The van der Waals surface area contributed by atoms with Gasteiger partial charge in [0.25, 0.3) is 11.7 Å². The Bertz CT molecular complexity index is 1310. The van der Waals surface area contributed by atoms with Crippen molar-refractivity contribution in [3.05, 3.63) is 65.2 Å². The average molecular weight is 542 g/mol. The molecule has 10 heteroatoms. The first-order valence-electron chi connectivity index (χ1n) is 12.9. The van der Waals surface area contributed by atoms with Crippen molar-refractivity contribution in [1.29, 1.82) is 0 Å². The number of carbonyl (C=O) groups is 2. The van der Waals surface area contributed by atoms with Crippen LogP contribution in [0.1, 0.15) is 43.4 Å². The number of ether oxygens (including phenoxy) is 1. The lowest BCUT2D eigenvalue weighted by atomic mass is 9.95. The largest absolute Gasteiger partial charge is 0.507 e. The number of nitrogens with zero attached hydrogens (tertiary/aromatic N) is 3. The lowest BCUT2D eigenvalue weighted by molar-refractivity contribution is -0.140. The fourth-order valence-corrected chi connectivity index (χ4v) is 6.46. The first kappa shape index (κ1) is 27.8. The van der Waals surface area contributed by atoms with Gasteiger partial charge in [-0.25, -0.2) is 8.42 Å². The number of rotatable bonds is 9. The van der Waals surface area contributed by atoms with Crippen molar-refractivity contribution in [2.45, 2.75) is 37.1 Å². The van der Waals surface area contributed by atoms with Crippen LogP contribution in [0.2, 0.25) is 0 Å². The highest BCUT2D eigenvalue weighted by molar-refractivity contribution is 7.89. The number of aliphatic hydroxyl groups excluding tert-OH is 1. The zero-order chi connectivity index (χ0) is 27.4. The number of amides is 1. The summed E-state index contributed by atoms with van der Waals surface area (Å²) in [4.78, 5) is 29.8. The van der Waals surface area contributed by atoms with Gasteiger partial charge in [0.2, 0.25) is 10.0 Å². The van der Waals surface area contributed by atoms with Gasteiger partial charge in [-0.1, -0.05) is 30.7 Å². The molecule has 2 fully saturated rings. The minimum Gasteiger partial charge on any atom is -0.507 e. The number of benzene rings is 2. The summed E-state index contributed by atoms with van der Waals surface area (Å²) in [5, 5.41) is 11.4. The predicted molar refractivity (Wildman–Crippen MR) is 144 cm³/mol. The summed E-state index contributed by atoms with van der Waals surface area (Å²) in [5.74, 6) is -1.25. The summed E-state index contributed by atoms with van der Waals surface area (Å²) in [7, 11) is -0.00924. The molecule has 0 spiro atoms. The molecule has 2 aromatic carbocycles. The van der Waals surface area contributed by atoms with Crippen LogP contribution in [0.4, 0.5) is 0 Å². The van der Waals surface area contributed by atoms with Crippen LogP contribution in [0.15, 0.2) is 59.0 Å². The normalized spacial score (nSPS) is 20.3. The SMILES string of the molecule is CCOc1ccc([C@@H]2C(=C(O)c3cccc(S(=O)(=O)N4CCCCC4)c3)C(=O)C(=O)N2CCN(C)C)cc1. The van der Waals surface area contributed by atoms with E-state index in [0.29, 0.717) is 37.6 Å². The van der Waals surface area contributed by atoms with Crippen LogP contribution in [0.3, 0.4) is 0 Å². The molecule has 1 N–H and O–H groups in total. The Kier molecular flexibility index (Phi) is 8.54. The highest BCUT2D eigenvalue weighted by Gasteiger charge is 2.46. The quantitative estimate of drug-likeness (QED) is 0.295. The van der Waals surface area contributed by atoms with E-state index in [1.54, 1.807) is 36.4 Å². The van der Waals surface area contributed by atoms with E-state index in [-0.39, 0.29) is 22.6 Å².